The van der Waals surface area contributed by atoms with E-state index < -0.39 is 0 Å². The van der Waals surface area contributed by atoms with Gasteiger partial charge in [0.25, 0.3) is 0 Å². The molecule has 20 heavy (non-hydrogen) atoms. The van der Waals surface area contributed by atoms with Crippen LogP contribution in [-0.2, 0) is 0 Å². The van der Waals surface area contributed by atoms with Crippen molar-refractivity contribution in [2.24, 2.45) is 10.7 Å². The molecule has 1 atom stereocenters. The Balaban J connectivity index is 2.03. The second kappa shape index (κ2) is 7.33. The first-order valence-corrected chi connectivity index (χ1v) is 7.50. The van der Waals surface area contributed by atoms with E-state index in [4.69, 9.17) is 10.2 Å². The second-order valence-corrected chi connectivity index (χ2v) is 5.65. The minimum atomic E-state index is 0.192. The maximum Gasteiger partial charge on any atom is 0.188 e. The highest BCUT2D eigenvalue weighted by molar-refractivity contribution is 5.78. The van der Waals surface area contributed by atoms with Crippen LogP contribution in [-0.4, -0.2) is 36.5 Å². The average Bonchev–Trinajstić information content (AvgIpc) is 2.93. The maximum absolute atomic E-state index is 5.90. The Labute approximate surface area is 121 Å². The van der Waals surface area contributed by atoms with Gasteiger partial charge in [0.15, 0.2) is 5.96 Å². The largest absolute Gasteiger partial charge is 0.468 e. The van der Waals surface area contributed by atoms with Gasteiger partial charge in [-0.05, 0) is 51.9 Å². The third-order valence-electron chi connectivity index (χ3n) is 3.57. The summed E-state index contributed by atoms with van der Waals surface area (Å²) in [6.07, 6.45) is 5.55. The number of rotatable bonds is 5. The molecule has 0 aromatic carbocycles. The molecule has 0 radical (unpaired) electrons. The molecule has 1 aromatic rings. The molecule has 0 saturated carbocycles. The minimum Gasteiger partial charge on any atom is -0.468 e. The van der Waals surface area contributed by atoms with Crippen molar-refractivity contribution in [2.45, 2.75) is 45.2 Å². The van der Waals surface area contributed by atoms with Crippen LogP contribution in [0.25, 0.3) is 0 Å². The highest BCUT2D eigenvalue weighted by Crippen LogP contribution is 2.25. The zero-order valence-electron chi connectivity index (χ0n) is 12.5. The van der Waals surface area contributed by atoms with E-state index in [1.54, 1.807) is 6.26 Å². The molecule has 5 nitrogen and oxygen atoms in total. The van der Waals surface area contributed by atoms with Crippen molar-refractivity contribution in [1.29, 1.82) is 0 Å². The van der Waals surface area contributed by atoms with Crippen molar-refractivity contribution in [2.75, 3.05) is 19.6 Å². The predicted octanol–water partition coefficient (Wildman–Crippen LogP) is 2.12. The number of furan rings is 1. The summed E-state index contributed by atoms with van der Waals surface area (Å²) >= 11 is 0. The first-order chi connectivity index (χ1) is 9.66. The number of hydrogen-bond donors (Lipinski definition) is 2. The molecular formula is C15H26N4O. The van der Waals surface area contributed by atoms with Crippen LogP contribution in [0.1, 0.15) is 44.9 Å². The molecule has 1 aliphatic heterocycles. The summed E-state index contributed by atoms with van der Waals surface area (Å²) in [5, 5.41) is 3.12. The standard InChI is InChI=1S/C15H26N4O/c1-12(2)18-15(16)17-11-13(14-7-6-10-20-14)19-8-4-3-5-9-19/h6-7,10,12-13H,3-5,8-9,11H2,1-2H3,(H3,16,17,18). The third-order valence-corrected chi connectivity index (χ3v) is 3.57. The van der Waals surface area contributed by atoms with Crippen LogP contribution in [0.3, 0.4) is 0 Å². The fourth-order valence-electron chi connectivity index (χ4n) is 2.62. The maximum atomic E-state index is 5.90. The molecule has 1 aromatic heterocycles. The Kier molecular flexibility index (Phi) is 5.47. The summed E-state index contributed by atoms with van der Waals surface area (Å²) in [5.74, 6) is 1.49. The molecule has 1 unspecified atom stereocenters. The summed E-state index contributed by atoms with van der Waals surface area (Å²) in [6, 6.07) is 4.46. The van der Waals surface area contributed by atoms with E-state index in [0.717, 1.165) is 18.8 Å². The van der Waals surface area contributed by atoms with Gasteiger partial charge >= 0.3 is 0 Å². The first-order valence-electron chi connectivity index (χ1n) is 7.50. The van der Waals surface area contributed by atoms with Crippen molar-refractivity contribution in [1.82, 2.24) is 10.2 Å². The van der Waals surface area contributed by atoms with Gasteiger partial charge in [-0.2, -0.15) is 0 Å². The van der Waals surface area contributed by atoms with Gasteiger partial charge in [-0.15, -0.1) is 0 Å². The summed E-state index contributed by atoms with van der Waals surface area (Å²) < 4.78 is 5.59. The number of nitrogens with two attached hydrogens (primary N) is 1. The van der Waals surface area contributed by atoms with Gasteiger partial charge in [-0.25, -0.2) is 0 Å². The molecule has 2 heterocycles. The SMILES string of the molecule is CC(C)NC(N)=NCC(c1ccco1)N1CCCCC1. The summed E-state index contributed by atoms with van der Waals surface area (Å²) in [4.78, 5) is 6.93. The molecule has 1 fully saturated rings. The molecule has 0 bridgehead atoms. The van der Waals surface area contributed by atoms with E-state index in [2.05, 4.69) is 29.1 Å². The minimum absolute atomic E-state index is 0.192. The molecule has 0 aliphatic carbocycles. The van der Waals surface area contributed by atoms with Crippen LogP contribution < -0.4 is 11.1 Å². The number of nitrogens with zero attached hydrogens (tertiary/aromatic N) is 2. The molecule has 3 N–H and O–H groups in total. The topological polar surface area (TPSA) is 66.8 Å². The van der Waals surface area contributed by atoms with Crippen molar-refractivity contribution in [3.05, 3.63) is 24.2 Å². The summed E-state index contributed by atoms with van der Waals surface area (Å²) in [6.45, 7) is 6.96. The van der Waals surface area contributed by atoms with Crippen molar-refractivity contribution >= 4 is 5.96 Å². The number of nitrogens with one attached hydrogen (secondary N) is 1. The third kappa shape index (κ3) is 4.27. The Bertz CT molecular complexity index is 408. The zero-order chi connectivity index (χ0) is 14.4. The van der Waals surface area contributed by atoms with E-state index in [0.29, 0.717) is 18.5 Å². The quantitative estimate of drug-likeness (QED) is 0.639. The van der Waals surface area contributed by atoms with Gasteiger partial charge in [0.2, 0.25) is 0 Å². The fraction of sp³-hybridized carbons (Fsp3) is 0.667. The second-order valence-electron chi connectivity index (χ2n) is 5.65. The van der Waals surface area contributed by atoms with E-state index >= 15 is 0 Å². The number of guanidine groups is 1. The highest BCUT2D eigenvalue weighted by atomic mass is 16.3. The van der Waals surface area contributed by atoms with Crippen molar-refractivity contribution in [3.8, 4) is 0 Å². The number of hydrogen-bond acceptors (Lipinski definition) is 3. The van der Waals surface area contributed by atoms with Gasteiger partial charge in [0.05, 0.1) is 18.8 Å². The monoisotopic (exact) mass is 278 g/mol. The molecule has 2 rings (SSSR count). The van der Waals surface area contributed by atoms with E-state index in [9.17, 15) is 0 Å². The molecule has 1 saturated heterocycles. The normalized spacial score (nSPS) is 19.2. The number of likely N-dealkylation sites (tertiary alicyclic amines) is 1. The lowest BCUT2D eigenvalue weighted by atomic mass is 10.1. The van der Waals surface area contributed by atoms with E-state index in [1.807, 2.05) is 12.1 Å². The molecule has 1 aliphatic rings. The van der Waals surface area contributed by atoms with Gasteiger partial charge in [-0.1, -0.05) is 6.42 Å². The molecule has 0 amide bonds. The van der Waals surface area contributed by atoms with Gasteiger partial charge in [0.1, 0.15) is 5.76 Å². The molecule has 112 valence electrons. The van der Waals surface area contributed by atoms with Crippen LogP contribution in [0.4, 0.5) is 0 Å². The predicted molar refractivity (Wildman–Crippen MR) is 81.6 cm³/mol. The lowest BCUT2D eigenvalue weighted by molar-refractivity contribution is 0.150. The number of aliphatic imine (C=N–C) groups is 1. The Morgan fingerprint density at radius 3 is 2.75 bits per heavy atom. The lowest BCUT2D eigenvalue weighted by Gasteiger charge is -2.32. The van der Waals surface area contributed by atoms with Gasteiger partial charge < -0.3 is 15.5 Å². The van der Waals surface area contributed by atoms with Gasteiger partial charge in [0, 0.05) is 6.04 Å². The first kappa shape index (κ1) is 14.9. The van der Waals surface area contributed by atoms with Crippen molar-refractivity contribution in [3.63, 3.8) is 0 Å². The van der Waals surface area contributed by atoms with Crippen LogP contribution in [0.5, 0.6) is 0 Å². The van der Waals surface area contributed by atoms with Gasteiger partial charge in [-0.3, -0.25) is 9.89 Å². The Hall–Kier alpha value is -1.49. The Morgan fingerprint density at radius 1 is 1.40 bits per heavy atom. The fourth-order valence-corrected chi connectivity index (χ4v) is 2.62. The highest BCUT2D eigenvalue weighted by Gasteiger charge is 2.24. The van der Waals surface area contributed by atoms with E-state index in [1.165, 1.54) is 19.3 Å². The van der Waals surface area contributed by atoms with Crippen LogP contribution >= 0.6 is 0 Å². The van der Waals surface area contributed by atoms with Crippen LogP contribution in [0, 0.1) is 0 Å². The lowest BCUT2D eigenvalue weighted by Crippen LogP contribution is -2.39. The summed E-state index contributed by atoms with van der Waals surface area (Å²) in [5.41, 5.74) is 5.90. The van der Waals surface area contributed by atoms with Crippen molar-refractivity contribution < 1.29 is 4.42 Å². The molecule has 5 heteroatoms. The van der Waals surface area contributed by atoms with Crippen LogP contribution in [0.15, 0.2) is 27.8 Å². The van der Waals surface area contributed by atoms with E-state index in [-0.39, 0.29) is 6.04 Å². The molecule has 0 spiro atoms. The smallest absolute Gasteiger partial charge is 0.188 e. The molecular weight excluding hydrogens is 252 g/mol. The Morgan fingerprint density at radius 2 is 2.15 bits per heavy atom. The number of piperidine rings is 1. The summed E-state index contributed by atoms with van der Waals surface area (Å²) in [7, 11) is 0. The zero-order valence-corrected chi connectivity index (χ0v) is 12.5. The average molecular weight is 278 g/mol. The van der Waals surface area contributed by atoms with Crippen LogP contribution in [0.2, 0.25) is 0 Å².